The molecule has 0 bridgehead atoms. The highest BCUT2D eigenvalue weighted by Crippen LogP contribution is 2.39. The molecule has 0 fully saturated rings. The fraction of sp³-hybridized carbons (Fsp3) is 0.520. The maximum Gasteiger partial charge on any atom is 0.242 e. The molecule has 1 unspecified atom stereocenters. The zero-order valence-corrected chi connectivity index (χ0v) is 19.7. The van der Waals surface area contributed by atoms with Gasteiger partial charge in [-0.25, -0.2) is 0 Å². The largest absolute Gasteiger partial charge is 0.333 e. The van der Waals surface area contributed by atoms with E-state index in [1.807, 2.05) is 17.0 Å². The number of aryl methyl sites for hydroxylation is 1. The minimum Gasteiger partial charge on any atom is -0.333 e. The van der Waals surface area contributed by atoms with Crippen molar-refractivity contribution in [2.45, 2.75) is 59.9 Å². The number of fused-ring (bicyclic) bond motifs is 1. The number of rotatable bonds is 6. The average Bonchev–Trinajstić information content (AvgIpc) is 3.15. The van der Waals surface area contributed by atoms with E-state index in [1.165, 1.54) is 21.6 Å². The van der Waals surface area contributed by atoms with Crippen molar-refractivity contribution in [3.63, 3.8) is 0 Å². The monoisotopic (exact) mass is 426 g/mol. The summed E-state index contributed by atoms with van der Waals surface area (Å²) >= 11 is 1.77. The van der Waals surface area contributed by atoms with Crippen molar-refractivity contribution in [1.29, 1.82) is 0 Å². The summed E-state index contributed by atoms with van der Waals surface area (Å²) in [7, 11) is 0. The molecule has 0 spiro atoms. The molecule has 0 N–H and O–H groups in total. The number of hydrogen-bond acceptors (Lipinski definition) is 3. The van der Waals surface area contributed by atoms with E-state index < -0.39 is 0 Å². The van der Waals surface area contributed by atoms with Crippen LogP contribution in [0.1, 0.15) is 68.1 Å². The second kappa shape index (κ2) is 9.34. The Morgan fingerprint density at radius 2 is 1.90 bits per heavy atom. The van der Waals surface area contributed by atoms with Crippen LogP contribution in [-0.2, 0) is 16.0 Å². The van der Waals surface area contributed by atoms with E-state index in [0.29, 0.717) is 19.5 Å². The molecule has 2 heterocycles. The number of benzene rings is 1. The van der Waals surface area contributed by atoms with Crippen molar-refractivity contribution in [2.24, 2.45) is 5.41 Å². The molecular formula is C25H34N2O2S. The number of carbonyl (C=O) groups is 2. The molecule has 1 aliphatic heterocycles. The Bertz CT molecular complexity index is 897. The number of nitrogens with zero attached hydrogens (tertiary/aromatic N) is 2. The highest BCUT2D eigenvalue weighted by Gasteiger charge is 2.34. The van der Waals surface area contributed by atoms with E-state index in [1.54, 1.807) is 16.2 Å². The van der Waals surface area contributed by atoms with Crippen LogP contribution in [0, 0.1) is 12.3 Å². The van der Waals surface area contributed by atoms with Gasteiger partial charge in [0.1, 0.15) is 0 Å². The maximum atomic E-state index is 13.5. The number of carbonyl (C=O) groups excluding carboxylic acids is 2. The lowest BCUT2D eigenvalue weighted by atomic mass is 9.90. The van der Waals surface area contributed by atoms with Gasteiger partial charge in [0.2, 0.25) is 11.8 Å². The van der Waals surface area contributed by atoms with Gasteiger partial charge in [-0.3, -0.25) is 9.59 Å². The number of hydrogen-bond donors (Lipinski definition) is 0. The van der Waals surface area contributed by atoms with Crippen molar-refractivity contribution in [1.82, 2.24) is 9.80 Å². The van der Waals surface area contributed by atoms with Crippen LogP contribution in [0.4, 0.5) is 0 Å². The lowest BCUT2D eigenvalue weighted by Gasteiger charge is -2.38. The molecule has 2 amide bonds. The SMILES string of the molecule is CCCN(CC(=O)N1CCc2sccc2C1c1ccccc1C)C(=O)CC(C)(C)C. The van der Waals surface area contributed by atoms with Crippen molar-refractivity contribution < 1.29 is 9.59 Å². The third kappa shape index (κ3) is 5.12. The van der Waals surface area contributed by atoms with E-state index in [2.05, 4.69) is 58.2 Å². The van der Waals surface area contributed by atoms with Gasteiger partial charge in [0, 0.05) is 24.4 Å². The second-order valence-corrected chi connectivity index (χ2v) is 10.4. The summed E-state index contributed by atoms with van der Waals surface area (Å²) in [6, 6.07) is 10.4. The summed E-state index contributed by atoms with van der Waals surface area (Å²) < 4.78 is 0. The Morgan fingerprint density at radius 1 is 1.17 bits per heavy atom. The Labute approximate surface area is 184 Å². The summed E-state index contributed by atoms with van der Waals surface area (Å²) in [6.45, 7) is 11.8. The molecule has 0 saturated heterocycles. The first-order valence-electron chi connectivity index (χ1n) is 10.9. The zero-order valence-electron chi connectivity index (χ0n) is 18.9. The van der Waals surface area contributed by atoms with E-state index in [0.717, 1.165) is 12.8 Å². The molecule has 162 valence electrons. The van der Waals surface area contributed by atoms with Crippen molar-refractivity contribution in [3.8, 4) is 0 Å². The minimum absolute atomic E-state index is 0.0378. The van der Waals surface area contributed by atoms with E-state index >= 15 is 0 Å². The van der Waals surface area contributed by atoms with Crippen molar-refractivity contribution in [3.05, 3.63) is 57.3 Å². The van der Waals surface area contributed by atoms with Crippen LogP contribution >= 0.6 is 11.3 Å². The van der Waals surface area contributed by atoms with Crippen LogP contribution in [0.25, 0.3) is 0 Å². The van der Waals surface area contributed by atoms with Crippen LogP contribution in [0.3, 0.4) is 0 Å². The van der Waals surface area contributed by atoms with Gasteiger partial charge < -0.3 is 9.80 Å². The smallest absolute Gasteiger partial charge is 0.242 e. The summed E-state index contributed by atoms with van der Waals surface area (Å²) in [5.41, 5.74) is 3.51. The molecule has 1 aliphatic rings. The van der Waals surface area contributed by atoms with Gasteiger partial charge >= 0.3 is 0 Å². The van der Waals surface area contributed by atoms with Gasteiger partial charge in [-0.1, -0.05) is 52.0 Å². The van der Waals surface area contributed by atoms with Crippen LogP contribution in [0.5, 0.6) is 0 Å². The van der Waals surface area contributed by atoms with Crippen LogP contribution in [0.15, 0.2) is 35.7 Å². The molecule has 0 aliphatic carbocycles. The van der Waals surface area contributed by atoms with Gasteiger partial charge in [0.25, 0.3) is 0 Å². The highest BCUT2D eigenvalue weighted by atomic mass is 32.1. The fourth-order valence-electron chi connectivity index (χ4n) is 4.20. The summed E-state index contributed by atoms with van der Waals surface area (Å²) in [6.07, 6.45) is 2.18. The van der Waals surface area contributed by atoms with Crippen LogP contribution in [0.2, 0.25) is 0 Å². The summed E-state index contributed by atoms with van der Waals surface area (Å²) in [4.78, 5) is 31.5. The molecule has 0 saturated carbocycles. The molecule has 3 rings (SSSR count). The first kappa shape index (κ1) is 22.5. The molecular weight excluding hydrogens is 392 g/mol. The second-order valence-electron chi connectivity index (χ2n) is 9.45. The maximum absolute atomic E-state index is 13.5. The van der Waals surface area contributed by atoms with Crippen LogP contribution < -0.4 is 0 Å². The van der Waals surface area contributed by atoms with Crippen molar-refractivity contribution in [2.75, 3.05) is 19.6 Å². The highest BCUT2D eigenvalue weighted by molar-refractivity contribution is 7.10. The molecule has 4 nitrogen and oxygen atoms in total. The molecule has 1 atom stereocenters. The third-order valence-electron chi connectivity index (χ3n) is 5.62. The Balaban J connectivity index is 1.87. The molecule has 2 aromatic rings. The Hall–Kier alpha value is -2.14. The predicted octanol–water partition coefficient (Wildman–Crippen LogP) is 5.21. The van der Waals surface area contributed by atoms with Gasteiger partial charge in [0.05, 0.1) is 12.6 Å². The third-order valence-corrected chi connectivity index (χ3v) is 6.62. The Kier molecular flexibility index (Phi) is 7.02. The number of thiophene rings is 1. The minimum atomic E-state index is -0.0908. The standard InChI is InChI=1S/C25H34N2O2S/c1-6-13-26(22(28)16-25(3,4)5)17-23(29)27-14-11-21-20(12-15-30-21)24(27)19-10-8-7-9-18(19)2/h7-10,12,15,24H,6,11,13-14,16-17H2,1-5H3. The van der Waals surface area contributed by atoms with Gasteiger partial charge in [-0.2, -0.15) is 0 Å². The Morgan fingerprint density at radius 3 is 2.57 bits per heavy atom. The first-order valence-corrected chi connectivity index (χ1v) is 11.8. The lowest BCUT2D eigenvalue weighted by molar-refractivity contribution is -0.142. The van der Waals surface area contributed by atoms with Crippen molar-refractivity contribution >= 4 is 23.2 Å². The van der Waals surface area contributed by atoms with Crippen LogP contribution in [-0.4, -0.2) is 41.2 Å². The summed E-state index contributed by atoms with van der Waals surface area (Å²) in [5, 5.41) is 2.13. The molecule has 0 radical (unpaired) electrons. The number of amides is 2. The zero-order chi connectivity index (χ0) is 21.9. The quantitative estimate of drug-likeness (QED) is 0.636. The van der Waals surface area contributed by atoms with Gasteiger partial charge in [-0.15, -0.1) is 11.3 Å². The topological polar surface area (TPSA) is 40.6 Å². The first-order chi connectivity index (χ1) is 14.2. The average molecular weight is 427 g/mol. The molecule has 5 heteroatoms. The van der Waals surface area contributed by atoms with E-state index in [-0.39, 0.29) is 29.8 Å². The van der Waals surface area contributed by atoms with E-state index in [4.69, 9.17) is 0 Å². The van der Waals surface area contributed by atoms with Gasteiger partial charge in [0.15, 0.2) is 0 Å². The van der Waals surface area contributed by atoms with E-state index in [9.17, 15) is 9.59 Å². The molecule has 1 aromatic carbocycles. The lowest BCUT2D eigenvalue weighted by Crippen LogP contribution is -2.47. The fourth-order valence-corrected chi connectivity index (χ4v) is 5.10. The predicted molar refractivity (Wildman–Crippen MR) is 124 cm³/mol. The van der Waals surface area contributed by atoms with Gasteiger partial charge in [-0.05, 0) is 53.3 Å². The summed E-state index contributed by atoms with van der Waals surface area (Å²) in [5.74, 6) is 0.106. The molecule has 1 aromatic heterocycles. The normalized spacial score (nSPS) is 16.3. The molecule has 30 heavy (non-hydrogen) atoms.